The van der Waals surface area contributed by atoms with Gasteiger partial charge in [-0.15, -0.1) is 6.58 Å². The molecule has 0 saturated carbocycles. The van der Waals surface area contributed by atoms with Crippen molar-refractivity contribution in [2.75, 3.05) is 19.0 Å². The van der Waals surface area contributed by atoms with Crippen LogP contribution in [-0.2, 0) is 10.1 Å². The molecule has 0 aromatic rings. The fourth-order valence-electron chi connectivity index (χ4n) is 1.48. The van der Waals surface area contributed by atoms with E-state index < -0.39 is 22.0 Å². The topological polar surface area (TPSA) is 80.4 Å². The summed E-state index contributed by atoms with van der Waals surface area (Å²) in [5.74, 6) is -0.811. The molecular formula is C13H27F2NO3S. The Kier molecular flexibility index (Phi) is 16.2. The van der Waals surface area contributed by atoms with Gasteiger partial charge in [0.2, 0.25) is 0 Å². The van der Waals surface area contributed by atoms with Crippen LogP contribution in [0.25, 0.3) is 0 Å². The van der Waals surface area contributed by atoms with E-state index in [0.29, 0.717) is 19.4 Å². The first-order valence-corrected chi connectivity index (χ1v) is 8.44. The quantitative estimate of drug-likeness (QED) is 0.349. The third-order valence-corrected chi connectivity index (χ3v) is 3.24. The van der Waals surface area contributed by atoms with Crippen LogP contribution >= 0.6 is 0 Å². The Morgan fingerprint density at radius 2 is 1.60 bits per heavy atom. The lowest BCUT2D eigenvalue weighted by Crippen LogP contribution is -2.16. The van der Waals surface area contributed by atoms with E-state index in [1.54, 1.807) is 6.08 Å². The maximum atomic E-state index is 12.9. The molecule has 0 heterocycles. The van der Waals surface area contributed by atoms with Crippen LogP contribution in [0.3, 0.4) is 0 Å². The second-order valence-electron chi connectivity index (χ2n) is 4.47. The zero-order valence-corrected chi connectivity index (χ0v) is 12.8. The van der Waals surface area contributed by atoms with Crippen molar-refractivity contribution in [3.05, 3.63) is 12.7 Å². The van der Waals surface area contributed by atoms with Crippen LogP contribution in [0.5, 0.6) is 0 Å². The van der Waals surface area contributed by atoms with Crippen molar-refractivity contribution in [3.8, 4) is 0 Å². The van der Waals surface area contributed by atoms with Crippen molar-refractivity contribution in [1.82, 2.24) is 0 Å². The molecule has 0 aliphatic heterocycles. The zero-order chi connectivity index (χ0) is 15.9. The lowest BCUT2D eigenvalue weighted by atomic mass is 10.1. The molecule has 0 spiro atoms. The maximum Gasteiger partial charge on any atom is 0.267 e. The van der Waals surface area contributed by atoms with E-state index in [4.69, 9.17) is 10.3 Å². The molecule has 0 aromatic heterocycles. The average molecular weight is 315 g/mol. The molecule has 4 nitrogen and oxygen atoms in total. The van der Waals surface area contributed by atoms with Crippen molar-refractivity contribution in [2.24, 2.45) is 5.73 Å². The molecule has 0 rings (SSSR count). The second kappa shape index (κ2) is 14.9. The van der Waals surface area contributed by atoms with E-state index in [0.717, 1.165) is 25.7 Å². The number of unbranched alkanes of at least 4 members (excludes halogenated alkanes) is 5. The molecule has 0 amide bonds. The molecule has 0 aliphatic rings. The maximum absolute atomic E-state index is 12.9. The molecule has 0 aliphatic carbocycles. The summed E-state index contributed by atoms with van der Waals surface area (Å²) in [6, 6.07) is 0. The van der Waals surface area contributed by atoms with Gasteiger partial charge < -0.3 is 5.73 Å². The number of hydrogen-bond donors (Lipinski definition) is 2. The van der Waals surface area contributed by atoms with Gasteiger partial charge in [-0.3, -0.25) is 8.94 Å². The SMILES string of the molecule is C=CCN.O=S(=O)(O)CC(F)CCCCCCCCF. The lowest BCUT2D eigenvalue weighted by molar-refractivity contribution is 0.323. The van der Waals surface area contributed by atoms with Gasteiger partial charge in [-0.1, -0.05) is 38.2 Å². The minimum absolute atomic E-state index is 0.156. The summed E-state index contributed by atoms with van der Waals surface area (Å²) in [5.41, 5.74) is 4.91. The third kappa shape index (κ3) is 22.6. The predicted molar refractivity (Wildman–Crippen MR) is 78.9 cm³/mol. The Morgan fingerprint density at radius 3 is 2.00 bits per heavy atom. The van der Waals surface area contributed by atoms with Crippen LogP contribution in [0.15, 0.2) is 12.7 Å². The van der Waals surface area contributed by atoms with Crippen LogP contribution in [0, 0.1) is 0 Å². The number of hydrogen-bond acceptors (Lipinski definition) is 3. The third-order valence-electron chi connectivity index (χ3n) is 2.46. The number of halogens is 2. The molecule has 0 radical (unpaired) electrons. The van der Waals surface area contributed by atoms with Crippen molar-refractivity contribution in [3.63, 3.8) is 0 Å². The molecule has 7 heteroatoms. The summed E-state index contributed by atoms with van der Waals surface area (Å²) in [4.78, 5) is 0. The molecule has 3 N–H and O–H groups in total. The van der Waals surface area contributed by atoms with Gasteiger partial charge in [0.15, 0.2) is 0 Å². The molecule has 0 saturated heterocycles. The molecule has 1 atom stereocenters. The zero-order valence-electron chi connectivity index (χ0n) is 11.9. The summed E-state index contributed by atoms with van der Waals surface area (Å²) in [6.45, 7) is 3.65. The number of alkyl halides is 2. The smallest absolute Gasteiger partial charge is 0.267 e. The Bertz CT molecular complexity index is 311. The van der Waals surface area contributed by atoms with Crippen LogP contribution in [0.2, 0.25) is 0 Å². The van der Waals surface area contributed by atoms with Crippen LogP contribution < -0.4 is 5.73 Å². The summed E-state index contributed by atoms with van der Waals surface area (Å²) < 4.78 is 53.7. The first-order chi connectivity index (χ1) is 9.37. The van der Waals surface area contributed by atoms with E-state index in [9.17, 15) is 17.2 Å². The van der Waals surface area contributed by atoms with Gasteiger partial charge in [0, 0.05) is 6.54 Å². The highest BCUT2D eigenvalue weighted by Gasteiger charge is 2.15. The molecule has 1 unspecified atom stereocenters. The average Bonchev–Trinajstić information content (AvgIpc) is 2.36. The first-order valence-electron chi connectivity index (χ1n) is 6.83. The summed E-state index contributed by atoms with van der Waals surface area (Å²) in [5, 5.41) is 0. The molecule has 0 fully saturated rings. The van der Waals surface area contributed by atoms with Crippen LogP contribution in [0.1, 0.15) is 44.9 Å². The number of rotatable bonds is 11. The molecule has 122 valence electrons. The number of nitrogens with two attached hydrogens (primary N) is 1. The van der Waals surface area contributed by atoms with Gasteiger partial charge in [-0.25, -0.2) is 4.39 Å². The lowest BCUT2D eigenvalue weighted by Gasteiger charge is -2.05. The largest absolute Gasteiger partial charge is 0.327 e. The second-order valence-corrected chi connectivity index (χ2v) is 5.97. The van der Waals surface area contributed by atoms with Crippen molar-refractivity contribution >= 4 is 10.1 Å². The van der Waals surface area contributed by atoms with E-state index in [1.165, 1.54) is 0 Å². The highest BCUT2D eigenvalue weighted by atomic mass is 32.2. The van der Waals surface area contributed by atoms with E-state index >= 15 is 0 Å². The first kappa shape index (κ1) is 21.8. The van der Waals surface area contributed by atoms with Gasteiger partial charge in [0.05, 0.1) is 6.67 Å². The van der Waals surface area contributed by atoms with Gasteiger partial charge in [0.1, 0.15) is 11.9 Å². The van der Waals surface area contributed by atoms with Gasteiger partial charge in [-0.05, 0) is 12.8 Å². The van der Waals surface area contributed by atoms with E-state index in [-0.39, 0.29) is 13.1 Å². The Hall–Kier alpha value is -0.530. The van der Waals surface area contributed by atoms with Gasteiger partial charge in [0.25, 0.3) is 10.1 Å². The van der Waals surface area contributed by atoms with Crippen molar-refractivity contribution in [2.45, 2.75) is 51.1 Å². The van der Waals surface area contributed by atoms with Crippen LogP contribution in [-0.4, -0.2) is 38.1 Å². The van der Waals surface area contributed by atoms with Crippen molar-refractivity contribution in [1.29, 1.82) is 0 Å². The molecule has 0 bridgehead atoms. The Morgan fingerprint density at radius 1 is 1.15 bits per heavy atom. The molecular weight excluding hydrogens is 288 g/mol. The van der Waals surface area contributed by atoms with E-state index in [1.807, 2.05) is 0 Å². The molecule has 20 heavy (non-hydrogen) atoms. The summed E-state index contributed by atoms with van der Waals surface area (Å²) in [7, 11) is -4.19. The highest BCUT2D eigenvalue weighted by molar-refractivity contribution is 7.85. The molecule has 0 aromatic carbocycles. The van der Waals surface area contributed by atoms with Crippen molar-refractivity contribution < 1.29 is 21.8 Å². The standard InChI is InChI=1S/C10H20F2O3S.C3H7N/c11-8-6-4-2-1-3-5-7-10(12)9-16(13,14)15;1-2-3-4/h10H,1-9H2,(H,13,14,15);2H,1,3-4H2. The summed E-state index contributed by atoms with van der Waals surface area (Å²) in [6.07, 6.45) is 5.01. The van der Waals surface area contributed by atoms with Gasteiger partial charge in [-0.2, -0.15) is 8.42 Å². The fourth-order valence-corrected chi connectivity index (χ4v) is 2.10. The minimum Gasteiger partial charge on any atom is -0.327 e. The Labute approximate surface area is 121 Å². The Balaban J connectivity index is 0. The van der Waals surface area contributed by atoms with Gasteiger partial charge >= 0.3 is 0 Å². The summed E-state index contributed by atoms with van der Waals surface area (Å²) >= 11 is 0. The predicted octanol–water partition coefficient (Wildman–Crippen LogP) is 3.04. The van der Waals surface area contributed by atoms with Crippen LogP contribution in [0.4, 0.5) is 8.78 Å². The van der Waals surface area contributed by atoms with E-state index in [2.05, 4.69) is 6.58 Å². The fraction of sp³-hybridized carbons (Fsp3) is 0.846. The highest BCUT2D eigenvalue weighted by Crippen LogP contribution is 2.11. The monoisotopic (exact) mass is 315 g/mol. The normalized spacial score (nSPS) is 12.4. The minimum atomic E-state index is -4.19.